The number of anilines is 1. The third kappa shape index (κ3) is 2.83. The molecule has 0 aromatic heterocycles. The zero-order valence-electron chi connectivity index (χ0n) is 13.9. The molecule has 0 N–H and O–H groups in total. The van der Waals surface area contributed by atoms with Crippen molar-refractivity contribution < 1.29 is 19.1 Å². The van der Waals surface area contributed by atoms with E-state index in [-0.39, 0.29) is 5.91 Å². The molecular formula is C18H23NO4. The van der Waals surface area contributed by atoms with E-state index in [1.807, 2.05) is 20.8 Å². The molecule has 23 heavy (non-hydrogen) atoms. The molecule has 0 bridgehead atoms. The van der Waals surface area contributed by atoms with Crippen LogP contribution in [0.25, 0.3) is 0 Å². The van der Waals surface area contributed by atoms with Gasteiger partial charge in [-0.1, -0.05) is 19.9 Å². The molecule has 2 rings (SSSR count). The second-order valence-corrected chi connectivity index (χ2v) is 5.43. The van der Waals surface area contributed by atoms with E-state index in [1.165, 1.54) is 0 Å². The summed E-state index contributed by atoms with van der Waals surface area (Å²) in [5, 5.41) is 0. The highest BCUT2D eigenvalue weighted by Crippen LogP contribution is 2.46. The average Bonchev–Trinajstić information content (AvgIpc) is 2.57. The Hall–Kier alpha value is -2.30. The van der Waals surface area contributed by atoms with E-state index in [4.69, 9.17) is 9.47 Å². The first-order valence-electron chi connectivity index (χ1n) is 7.94. The van der Waals surface area contributed by atoms with Crippen LogP contribution in [0.1, 0.15) is 44.0 Å². The van der Waals surface area contributed by atoms with E-state index in [1.54, 1.807) is 23.1 Å². The first-order valence-corrected chi connectivity index (χ1v) is 7.94. The summed E-state index contributed by atoms with van der Waals surface area (Å²) in [4.78, 5) is 25.8. The van der Waals surface area contributed by atoms with Crippen LogP contribution >= 0.6 is 0 Å². The van der Waals surface area contributed by atoms with Crippen molar-refractivity contribution >= 4 is 17.9 Å². The molecule has 1 aromatic rings. The van der Waals surface area contributed by atoms with Crippen LogP contribution in [-0.2, 0) is 4.79 Å². The van der Waals surface area contributed by atoms with E-state index in [0.717, 1.165) is 6.29 Å². The van der Waals surface area contributed by atoms with Gasteiger partial charge in [0.05, 0.1) is 12.3 Å². The van der Waals surface area contributed by atoms with Crippen LogP contribution in [0.4, 0.5) is 5.69 Å². The molecule has 1 aromatic carbocycles. The van der Waals surface area contributed by atoms with E-state index in [0.29, 0.717) is 48.7 Å². The average molecular weight is 317 g/mol. The molecule has 5 heteroatoms. The smallest absolute Gasteiger partial charge is 0.271 e. The number of hydrogen-bond donors (Lipinski definition) is 0. The zero-order chi connectivity index (χ0) is 17.0. The first kappa shape index (κ1) is 17.1. The van der Waals surface area contributed by atoms with Crippen LogP contribution in [0.15, 0.2) is 24.8 Å². The topological polar surface area (TPSA) is 55.8 Å². The fourth-order valence-corrected chi connectivity index (χ4v) is 2.84. The first-order chi connectivity index (χ1) is 11.1. The fraction of sp³-hybridized carbons (Fsp3) is 0.444. The highest BCUT2D eigenvalue weighted by atomic mass is 16.5. The lowest BCUT2D eigenvalue weighted by Crippen LogP contribution is -2.55. The van der Waals surface area contributed by atoms with Gasteiger partial charge in [0.2, 0.25) is 0 Å². The van der Waals surface area contributed by atoms with Crippen LogP contribution in [-0.4, -0.2) is 30.9 Å². The van der Waals surface area contributed by atoms with Gasteiger partial charge in [0.15, 0.2) is 17.1 Å². The summed E-state index contributed by atoms with van der Waals surface area (Å²) in [7, 11) is 0. The minimum Gasteiger partial charge on any atom is -0.490 e. The molecule has 0 saturated heterocycles. The summed E-state index contributed by atoms with van der Waals surface area (Å²) in [6.45, 7) is 10.2. The molecular weight excluding hydrogens is 294 g/mol. The lowest BCUT2D eigenvalue weighted by atomic mass is 9.92. The molecule has 0 aliphatic carbocycles. The van der Waals surface area contributed by atoms with Crippen LogP contribution in [0, 0.1) is 0 Å². The molecule has 0 atom stereocenters. The summed E-state index contributed by atoms with van der Waals surface area (Å²) in [5.41, 5.74) is 0.0866. The van der Waals surface area contributed by atoms with Crippen molar-refractivity contribution in [1.29, 1.82) is 0 Å². The Morgan fingerprint density at radius 1 is 1.30 bits per heavy atom. The Kier molecular flexibility index (Phi) is 5.08. The molecule has 1 heterocycles. The van der Waals surface area contributed by atoms with E-state index >= 15 is 0 Å². The Balaban J connectivity index is 2.69. The van der Waals surface area contributed by atoms with Crippen LogP contribution in [0.2, 0.25) is 0 Å². The Morgan fingerprint density at radius 3 is 2.52 bits per heavy atom. The Bertz CT molecular complexity index is 620. The summed E-state index contributed by atoms with van der Waals surface area (Å²) in [5.74, 6) is 0.892. The number of nitrogens with zero attached hydrogens (tertiary/aromatic N) is 1. The normalized spacial score (nSPS) is 15.6. The van der Waals surface area contributed by atoms with Crippen LogP contribution < -0.4 is 14.4 Å². The predicted molar refractivity (Wildman–Crippen MR) is 89.5 cm³/mol. The van der Waals surface area contributed by atoms with Crippen molar-refractivity contribution in [3.05, 3.63) is 30.4 Å². The standard InChI is InChI=1S/C18H23NO4/c1-5-9-19-14-10-13(12-20)11-15(22-8-4)16(14)23-18(6-2,7-3)17(19)21/h5,10-12H,1,6-9H2,2-4H3. The van der Waals surface area contributed by atoms with Gasteiger partial charge in [-0.2, -0.15) is 0 Å². The number of benzene rings is 1. The SMILES string of the molecule is C=CCN1C(=O)C(CC)(CC)Oc2c(OCC)cc(C=O)cc21. The number of hydrogen-bond acceptors (Lipinski definition) is 4. The number of fused-ring (bicyclic) bond motifs is 1. The van der Waals surface area contributed by atoms with Gasteiger partial charge in [-0.15, -0.1) is 6.58 Å². The second kappa shape index (κ2) is 6.86. The number of ether oxygens (including phenoxy) is 2. The minimum atomic E-state index is -0.912. The molecule has 0 radical (unpaired) electrons. The lowest BCUT2D eigenvalue weighted by molar-refractivity contribution is -0.136. The second-order valence-electron chi connectivity index (χ2n) is 5.43. The van der Waals surface area contributed by atoms with E-state index in [2.05, 4.69) is 6.58 Å². The largest absolute Gasteiger partial charge is 0.490 e. The quantitative estimate of drug-likeness (QED) is 0.571. The van der Waals surface area contributed by atoms with Gasteiger partial charge >= 0.3 is 0 Å². The maximum absolute atomic E-state index is 13.0. The van der Waals surface area contributed by atoms with Gasteiger partial charge in [-0.3, -0.25) is 9.59 Å². The third-order valence-electron chi connectivity index (χ3n) is 4.17. The van der Waals surface area contributed by atoms with Crippen LogP contribution in [0.5, 0.6) is 11.5 Å². The van der Waals surface area contributed by atoms with Gasteiger partial charge in [-0.05, 0) is 31.9 Å². The van der Waals surface area contributed by atoms with Crippen molar-refractivity contribution in [2.45, 2.75) is 39.2 Å². The fourth-order valence-electron chi connectivity index (χ4n) is 2.84. The minimum absolute atomic E-state index is 0.111. The van der Waals surface area contributed by atoms with Crippen molar-refractivity contribution in [3.8, 4) is 11.5 Å². The summed E-state index contributed by atoms with van der Waals surface area (Å²) < 4.78 is 11.8. The van der Waals surface area contributed by atoms with E-state index < -0.39 is 5.60 Å². The lowest BCUT2D eigenvalue weighted by Gasteiger charge is -2.42. The molecule has 0 saturated carbocycles. The molecule has 124 valence electrons. The molecule has 0 spiro atoms. The van der Waals surface area contributed by atoms with Gasteiger partial charge < -0.3 is 14.4 Å². The van der Waals surface area contributed by atoms with E-state index in [9.17, 15) is 9.59 Å². The van der Waals surface area contributed by atoms with Crippen LogP contribution in [0.3, 0.4) is 0 Å². The summed E-state index contributed by atoms with van der Waals surface area (Å²) >= 11 is 0. The van der Waals surface area contributed by atoms with Crippen molar-refractivity contribution in [3.63, 3.8) is 0 Å². The molecule has 5 nitrogen and oxygen atoms in total. The summed E-state index contributed by atoms with van der Waals surface area (Å²) in [6.07, 6.45) is 3.50. The molecule has 1 aliphatic rings. The number of rotatable bonds is 7. The van der Waals surface area contributed by atoms with Crippen molar-refractivity contribution in [2.24, 2.45) is 0 Å². The molecule has 1 aliphatic heterocycles. The summed E-state index contributed by atoms with van der Waals surface area (Å²) in [6, 6.07) is 3.30. The molecule has 0 fully saturated rings. The monoisotopic (exact) mass is 317 g/mol. The number of carbonyl (C=O) groups excluding carboxylic acids is 2. The highest BCUT2D eigenvalue weighted by Gasteiger charge is 2.46. The van der Waals surface area contributed by atoms with Gasteiger partial charge in [0.1, 0.15) is 6.29 Å². The third-order valence-corrected chi connectivity index (χ3v) is 4.17. The maximum Gasteiger partial charge on any atom is 0.271 e. The maximum atomic E-state index is 13.0. The van der Waals surface area contributed by atoms with Gasteiger partial charge in [0.25, 0.3) is 5.91 Å². The highest BCUT2D eigenvalue weighted by molar-refractivity contribution is 6.04. The van der Waals surface area contributed by atoms with Crippen molar-refractivity contribution in [2.75, 3.05) is 18.1 Å². The van der Waals surface area contributed by atoms with Gasteiger partial charge in [-0.25, -0.2) is 0 Å². The zero-order valence-corrected chi connectivity index (χ0v) is 13.9. The Morgan fingerprint density at radius 2 is 2.00 bits per heavy atom. The number of aldehydes is 1. The number of carbonyl (C=O) groups is 2. The molecule has 1 amide bonds. The Labute approximate surface area is 136 Å². The van der Waals surface area contributed by atoms with Crippen molar-refractivity contribution in [1.82, 2.24) is 0 Å². The predicted octanol–water partition coefficient (Wildman–Crippen LogP) is 3.37. The number of amides is 1. The molecule has 0 unspecified atom stereocenters. The van der Waals surface area contributed by atoms with Gasteiger partial charge in [0, 0.05) is 12.1 Å².